The molecule has 7 unspecified atom stereocenters. The van der Waals surface area contributed by atoms with Crippen molar-refractivity contribution in [2.45, 2.75) is 105 Å². The Morgan fingerprint density at radius 1 is 0.778 bits per heavy atom. The Morgan fingerprint density at radius 2 is 1.44 bits per heavy atom. The SMILES string of the molecule is CO[C@H]1[C@H](O)[C@@H](O)C(OC2C(C3OC3O)OC(OC3[C@@H](CO)O[C@H](O)[C@H](O)[C@H]3O)C[C@@H]2O)O[C@@H]1C=O. The van der Waals surface area contributed by atoms with E-state index in [1.165, 1.54) is 7.11 Å². The summed E-state index contributed by atoms with van der Waals surface area (Å²) >= 11 is 0. The minimum absolute atomic E-state index is 0.298. The summed E-state index contributed by atoms with van der Waals surface area (Å²) < 4.78 is 37.6. The first kappa shape index (κ1) is 28.1. The summed E-state index contributed by atoms with van der Waals surface area (Å²) in [5.74, 6) is 0. The highest BCUT2D eigenvalue weighted by atomic mass is 16.8. The second kappa shape index (κ2) is 11.4. The van der Waals surface area contributed by atoms with Gasteiger partial charge in [-0.1, -0.05) is 0 Å². The molecule has 16 atom stereocenters. The Bertz CT molecular complexity index is 741. The zero-order chi connectivity index (χ0) is 26.3. The maximum absolute atomic E-state index is 11.4. The quantitative estimate of drug-likeness (QED) is 0.108. The van der Waals surface area contributed by atoms with E-state index in [-0.39, 0.29) is 6.42 Å². The van der Waals surface area contributed by atoms with Crippen LogP contribution in [0.2, 0.25) is 0 Å². The molecule has 0 spiro atoms. The van der Waals surface area contributed by atoms with Gasteiger partial charge in [-0.15, -0.1) is 0 Å². The number of rotatable bonds is 8. The van der Waals surface area contributed by atoms with Crippen LogP contribution in [0.15, 0.2) is 0 Å². The van der Waals surface area contributed by atoms with Crippen LogP contribution >= 0.6 is 0 Å². The van der Waals surface area contributed by atoms with Gasteiger partial charge in [0.15, 0.2) is 31.4 Å². The third-order valence-electron chi connectivity index (χ3n) is 6.70. The fraction of sp³-hybridized carbons (Fsp3) is 0.950. The lowest BCUT2D eigenvalue weighted by atomic mass is 9.96. The molecule has 0 radical (unpaired) electrons. The average molecular weight is 528 g/mol. The number of epoxide rings is 1. The van der Waals surface area contributed by atoms with Gasteiger partial charge in [0.2, 0.25) is 0 Å². The van der Waals surface area contributed by atoms with Crippen LogP contribution in [0.3, 0.4) is 0 Å². The first-order valence-electron chi connectivity index (χ1n) is 11.4. The van der Waals surface area contributed by atoms with Crippen LogP contribution in [0.4, 0.5) is 0 Å². The molecule has 4 saturated heterocycles. The van der Waals surface area contributed by atoms with E-state index in [0.29, 0.717) is 6.29 Å². The molecule has 36 heavy (non-hydrogen) atoms. The molecule has 4 rings (SSSR count). The van der Waals surface area contributed by atoms with Gasteiger partial charge in [0, 0.05) is 13.5 Å². The third-order valence-corrected chi connectivity index (χ3v) is 6.70. The number of aliphatic hydroxyl groups is 8. The predicted octanol–water partition coefficient (Wildman–Crippen LogP) is -5.96. The molecule has 8 N–H and O–H groups in total. The van der Waals surface area contributed by atoms with Crippen molar-refractivity contribution in [1.29, 1.82) is 0 Å². The summed E-state index contributed by atoms with van der Waals surface area (Å²) in [6.07, 6.45) is -22.5. The van der Waals surface area contributed by atoms with E-state index in [0.717, 1.165) is 0 Å². The number of carbonyl (C=O) groups excluding carboxylic acids is 1. The van der Waals surface area contributed by atoms with Crippen LogP contribution in [0, 0.1) is 0 Å². The first-order valence-corrected chi connectivity index (χ1v) is 11.4. The number of hydrogen-bond acceptors (Lipinski definition) is 16. The monoisotopic (exact) mass is 528 g/mol. The van der Waals surface area contributed by atoms with Gasteiger partial charge >= 0.3 is 0 Å². The molecule has 0 amide bonds. The van der Waals surface area contributed by atoms with Gasteiger partial charge in [0.25, 0.3) is 0 Å². The van der Waals surface area contributed by atoms with Gasteiger partial charge in [-0.2, -0.15) is 0 Å². The molecule has 4 aliphatic heterocycles. The minimum atomic E-state index is -1.76. The van der Waals surface area contributed by atoms with E-state index >= 15 is 0 Å². The molecular weight excluding hydrogens is 496 g/mol. The third kappa shape index (κ3) is 5.44. The maximum Gasteiger partial charge on any atom is 0.187 e. The highest BCUT2D eigenvalue weighted by Gasteiger charge is 2.57. The average Bonchev–Trinajstić information content (AvgIpc) is 3.59. The Kier molecular flexibility index (Phi) is 8.93. The molecule has 4 fully saturated rings. The Labute approximate surface area is 204 Å². The van der Waals surface area contributed by atoms with Gasteiger partial charge in [-0.05, 0) is 0 Å². The standard InChI is InChI=1S/C20H32O16/c1-30-14-6(3-21)32-20(12(27)10(14)25)36-13-5(23)2-8(34-16(13)17-19(29)35-17)33-15-7(4-22)31-18(28)11(26)9(15)24/h3,5-20,22-29H,2,4H2,1H3/t5-,6+,7+,8?,9+,10+,11+,12+,13?,14+,15?,16?,17?,18-,19?,20?/m0/s1. The van der Waals surface area contributed by atoms with Crippen molar-refractivity contribution in [1.82, 2.24) is 0 Å². The van der Waals surface area contributed by atoms with Crippen LogP contribution in [-0.4, -0.2) is 159 Å². The Balaban J connectivity index is 1.47. The zero-order valence-electron chi connectivity index (χ0n) is 19.1. The van der Waals surface area contributed by atoms with Crippen molar-refractivity contribution in [3.05, 3.63) is 0 Å². The molecule has 16 heteroatoms. The first-order chi connectivity index (χ1) is 17.1. The van der Waals surface area contributed by atoms with E-state index < -0.39 is 105 Å². The minimum Gasteiger partial charge on any atom is -0.394 e. The van der Waals surface area contributed by atoms with E-state index in [4.69, 9.17) is 33.2 Å². The van der Waals surface area contributed by atoms with Crippen molar-refractivity contribution in [2.24, 2.45) is 0 Å². The van der Waals surface area contributed by atoms with Crippen LogP contribution < -0.4 is 0 Å². The molecule has 4 aliphatic rings. The van der Waals surface area contributed by atoms with Crippen LogP contribution in [0.25, 0.3) is 0 Å². The van der Waals surface area contributed by atoms with Crippen LogP contribution in [0.5, 0.6) is 0 Å². The normalized spacial score (nSPS) is 53.7. The van der Waals surface area contributed by atoms with Crippen LogP contribution in [0.1, 0.15) is 6.42 Å². The second-order valence-corrected chi connectivity index (χ2v) is 9.04. The molecule has 0 aromatic carbocycles. The Hall–Kier alpha value is -0.930. The van der Waals surface area contributed by atoms with Crippen molar-refractivity contribution in [3.63, 3.8) is 0 Å². The number of aldehydes is 1. The zero-order valence-corrected chi connectivity index (χ0v) is 19.1. The topological polar surface area (TPSA) is 247 Å². The number of hydrogen-bond donors (Lipinski definition) is 8. The Morgan fingerprint density at radius 3 is 2.03 bits per heavy atom. The molecule has 208 valence electrons. The smallest absolute Gasteiger partial charge is 0.187 e. The van der Waals surface area contributed by atoms with E-state index in [2.05, 4.69) is 0 Å². The molecule has 0 aromatic rings. The fourth-order valence-corrected chi connectivity index (χ4v) is 4.66. The second-order valence-electron chi connectivity index (χ2n) is 9.04. The van der Waals surface area contributed by atoms with E-state index in [1.54, 1.807) is 0 Å². The van der Waals surface area contributed by atoms with E-state index in [1.807, 2.05) is 0 Å². The molecule has 0 aliphatic carbocycles. The van der Waals surface area contributed by atoms with Crippen molar-refractivity contribution in [3.8, 4) is 0 Å². The predicted molar refractivity (Wildman–Crippen MR) is 107 cm³/mol. The summed E-state index contributed by atoms with van der Waals surface area (Å²) in [5.41, 5.74) is 0. The van der Waals surface area contributed by atoms with Crippen molar-refractivity contribution in [2.75, 3.05) is 13.7 Å². The van der Waals surface area contributed by atoms with Gasteiger partial charge in [-0.25, -0.2) is 0 Å². The van der Waals surface area contributed by atoms with Crippen molar-refractivity contribution >= 4 is 6.29 Å². The summed E-state index contributed by atoms with van der Waals surface area (Å²) in [4.78, 5) is 11.4. The van der Waals surface area contributed by atoms with Gasteiger partial charge in [0.05, 0.1) is 12.7 Å². The van der Waals surface area contributed by atoms with Crippen LogP contribution in [-0.2, 0) is 38.0 Å². The lowest BCUT2D eigenvalue weighted by Gasteiger charge is -2.46. The number of ether oxygens (including phenoxy) is 7. The molecular formula is C20H32O16. The number of aliphatic hydroxyl groups excluding tert-OH is 8. The molecule has 0 saturated carbocycles. The fourth-order valence-electron chi connectivity index (χ4n) is 4.66. The van der Waals surface area contributed by atoms with Gasteiger partial charge < -0.3 is 78.8 Å². The molecule has 4 heterocycles. The highest BCUT2D eigenvalue weighted by molar-refractivity contribution is 5.57. The molecule has 0 bridgehead atoms. The van der Waals surface area contributed by atoms with Gasteiger partial charge in [0.1, 0.15) is 67.1 Å². The summed E-state index contributed by atoms with van der Waals surface area (Å²) in [6.45, 7) is -0.681. The largest absolute Gasteiger partial charge is 0.394 e. The van der Waals surface area contributed by atoms with Gasteiger partial charge in [-0.3, -0.25) is 0 Å². The highest BCUT2D eigenvalue weighted by Crippen LogP contribution is 2.37. The number of carbonyl (C=O) groups is 1. The van der Waals surface area contributed by atoms with E-state index in [9.17, 15) is 45.6 Å². The van der Waals surface area contributed by atoms with Crippen molar-refractivity contribution < 1.29 is 78.8 Å². The lowest BCUT2D eigenvalue weighted by molar-refractivity contribution is -0.356. The molecule has 0 aromatic heterocycles. The summed E-state index contributed by atoms with van der Waals surface area (Å²) in [5, 5.41) is 80.8. The molecule has 16 nitrogen and oxygen atoms in total. The number of methoxy groups -OCH3 is 1. The summed E-state index contributed by atoms with van der Waals surface area (Å²) in [7, 11) is 1.22. The maximum atomic E-state index is 11.4. The summed E-state index contributed by atoms with van der Waals surface area (Å²) in [6, 6.07) is 0. The lowest BCUT2D eigenvalue weighted by Crippen LogP contribution is -2.63.